The fourth-order valence-electron chi connectivity index (χ4n) is 4.58. The van der Waals surface area contributed by atoms with Crippen molar-refractivity contribution in [3.8, 4) is 0 Å². The molecular formula is C23H32ClN5O3S. The first-order valence-corrected chi connectivity index (χ1v) is 13.3. The maximum atomic E-state index is 13.3. The number of piperidine rings is 1. The zero-order chi connectivity index (χ0) is 23.8. The van der Waals surface area contributed by atoms with Crippen LogP contribution in [-0.2, 0) is 14.8 Å². The van der Waals surface area contributed by atoms with Crippen molar-refractivity contribution in [3.05, 3.63) is 41.3 Å². The Bertz CT molecular complexity index is 1110. The maximum absolute atomic E-state index is 13.3. The van der Waals surface area contributed by atoms with Gasteiger partial charge in [0.25, 0.3) is 10.0 Å². The summed E-state index contributed by atoms with van der Waals surface area (Å²) in [5.41, 5.74) is 2.26. The smallest absolute Gasteiger partial charge is 0.262 e. The van der Waals surface area contributed by atoms with Crippen molar-refractivity contribution < 1.29 is 13.2 Å². The Balaban J connectivity index is 1.39. The van der Waals surface area contributed by atoms with Gasteiger partial charge in [0.15, 0.2) is 5.03 Å². The van der Waals surface area contributed by atoms with E-state index >= 15 is 0 Å². The fraction of sp³-hybridized carbons (Fsp3) is 0.565. The number of halogens is 1. The summed E-state index contributed by atoms with van der Waals surface area (Å²) in [5.74, 6) is -0.273. The van der Waals surface area contributed by atoms with Crippen LogP contribution in [0.15, 0.2) is 35.7 Å². The number of carbonyl (C=O) groups excluding carboxylic acids is 1. The van der Waals surface area contributed by atoms with Crippen molar-refractivity contribution in [2.75, 3.05) is 44.2 Å². The van der Waals surface area contributed by atoms with E-state index < -0.39 is 10.0 Å². The lowest BCUT2D eigenvalue weighted by Crippen LogP contribution is -2.53. The molecule has 0 aliphatic carbocycles. The van der Waals surface area contributed by atoms with Crippen LogP contribution in [0.4, 0.5) is 5.69 Å². The van der Waals surface area contributed by atoms with Crippen LogP contribution in [0.5, 0.6) is 0 Å². The van der Waals surface area contributed by atoms with Gasteiger partial charge < -0.3 is 14.4 Å². The number of hydrogen-bond acceptors (Lipinski definition) is 5. The van der Waals surface area contributed by atoms with Gasteiger partial charge in [-0.05, 0) is 51.3 Å². The predicted molar refractivity (Wildman–Crippen MR) is 129 cm³/mol. The van der Waals surface area contributed by atoms with Gasteiger partial charge in [0.2, 0.25) is 5.91 Å². The Labute approximate surface area is 201 Å². The average molecular weight is 494 g/mol. The van der Waals surface area contributed by atoms with Crippen molar-refractivity contribution in [2.45, 2.75) is 44.7 Å². The van der Waals surface area contributed by atoms with Crippen LogP contribution in [0.2, 0.25) is 5.02 Å². The number of aryl methyl sites for hydroxylation is 1. The standard InChI is InChI=1S/C23H32ClN5O3S/c1-17(2)28-15-22(25-16-28)33(31,32)29-8-4-5-19(14-29)23(30)27-11-9-26(10-12-27)21-13-20(24)7-6-18(21)3/h6-7,13,15-17,19H,4-5,8-12,14H2,1-3H3. The summed E-state index contributed by atoms with van der Waals surface area (Å²) in [6, 6.07) is 6.00. The summed E-state index contributed by atoms with van der Waals surface area (Å²) < 4.78 is 29.5. The Morgan fingerprint density at radius 2 is 1.88 bits per heavy atom. The number of imidazole rings is 1. The topological polar surface area (TPSA) is 78.8 Å². The van der Waals surface area contributed by atoms with E-state index in [9.17, 15) is 13.2 Å². The molecule has 3 heterocycles. The minimum absolute atomic E-state index is 0.0464. The number of piperazine rings is 1. The van der Waals surface area contributed by atoms with Crippen molar-refractivity contribution >= 4 is 33.2 Å². The number of carbonyl (C=O) groups is 1. The number of hydrogen-bond donors (Lipinski definition) is 0. The summed E-state index contributed by atoms with van der Waals surface area (Å²) in [7, 11) is -3.72. The molecular weight excluding hydrogens is 462 g/mol. The molecule has 1 amide bonds. The third kappa shape index (κ3) is 5.05. The summed E-state index contributed by atoms with van der Waals surface area (Å²) in [6.45, 7) is 9.33. The van der Waals surface area contributed by atoms with Gasteiger partial charge in [-0.3, -0.25) is 4.79 Å². The summed E-state index contributed by atoms with van der Waals surface area (Å²) in [5, 5.41) is 0.755. The second-order valence-electron chi connectivity index (χ2n) is 9.20. The zero-order valence-corrected chi connectivity index (χ0v) is 21.0. The van der Waals surface area contributed by atoms with Gasteiger partial charge in [-0.2, -0.15) is 4.31 Å². The molecule has 180 valence electrons. The number of nitrogens with zero attached hydrogens (tertiary/aromatic N) is 5. The molecule has 2 saturated heterocycles. The van der Waals surface area contributed by atoms with Gasteiger partial charge in [0.05, 0.1) is 12.2 Å². The highest BCUT2D eigenvalue weighted by molar-refractivity contribution is 7.89. The molecule has 0 radical (unpaired) electrons. The van der Waals surface area contributed by atoms with E-state index in [4.69, 9.17) is 11.6 Å². The highest BCUT2D eigenvalue weighted by atomic mass is 35.5. The van der Waals surface area contributed by atoms with E-state index in [0.717, 1.165) is 24.3 Å². The van der Waals surface area contributed by atoms with Gasteiger partial charge in [-0.15, -0.1) is 0 Å². The maximum Gasteiger partial charge on any atom is 0.262 e. The fourth-order valence-corrected chi connectivity index (χ4v) is 6.19. The second kappa shape index (κ2) is 9.64. The van der Waals surface area contributed by atoms with Crippen LogP contribution in [0.1, 0.15) is 38.3 Å². The lowest BCUT2D eigenvalue weighted by atomic mass is 9.97. The van der Waals surface area contributed by atoms with Crippen LogP contribution >= 0.6 is 11.6 Å². The highest BCUT2D eigenvalue weighted by Crippen LogP contribution is 2.28. The van der Waals surface area contributed by atoms with E-state index in [1.54, 1.807) is 17.1 Å². The third-order valence-electron chi connectivity index (χ3n) is 6.61. The average Bonchev–Trinajstić information content (AvgIpc) is 3.32. The SMILES string of the molecule is Cc1ccc(Cl)cc1N1CCN(C(=O)C2CCCN(S(=O)(=O)c3cn(C(C)C)cn3)C2)CC1. The lowest BCUT2D eigenvalue weighted by Gasteiger charge is -2.39. The van der Waals surface area contributed by atoms with E-state index in [-0.39, 0.29) is 29.4 Å². The number of rotatable bonds is 5. The summed E-state index contributed by atoms with van der Waals surface area (Å²) >= 11 is 6.18. The molecule has 2 aromatic rings. The van der Waals surface area contributed by atoms with Gasteiger partial charge in [-0.1, -0.05) is 17.7 Å². The Hall–Kier alpha value is -2.10. The number of amides is 1. The van der Waals surface area contributed by atoms with Gasteiger partial charge in [-0.25, -0.2) is 13.4 Å². The van der Waals surface area contributed by atoms with E-state index in [0.29, 0.717) is 37.5 Å². The molecule has 1 aromatic heterocycles. The number of aromatic nitrogens is 2. The monoisotopic (exact) mass is 493 g/mol. The van der Waals surface area contributed by atoms with Gasteiger partial charge in [0, 0.05) is 62.2 Å². The van der Waals surface area contributed by atoms with E-state index in [2.05, 4.69) is 16.8 Å². The molecule has 8 nitrogen and oxygen atoms in total. The van der Waals surface area contributed by atoms with Crippen LogP contribution in [0.25, 0.3) is 0 Å². The number of sulfonamides is 1. The molecule has 0 saturated carbocycles. The molecule has 4 rings (SSSR count). The Morgan fingerprint density at radius 1 is 1.15 bits per heavy atom. The minimum Gasteiger partial charge on any atom is -0.368 e. The molecule has 0 spiro atoms. The quantitative estimate of drug-likeness (QED) is 0.639. The zero-order valence-electron chi connectivity index (χ0n) is 19.4. The first-order chi connectivity index (χ1) is 15.7. The van der Waals surface area contributed by atoms with Crippen LogP contribution in [-0.4, -0.2) is 72.3 Å². The molecule has 2 aliphatic rings. The highest BCUT2D eigenvalue weighted by Gasteiger charge is 2.36. The van der Waals surface area contributed by atoms with Crippen molar-refractivity contribution in [2.24, 2.45) is 5.92 Å². The molecule has 1 atom stereocenters. The van der Waals surface area contributed by atoms with Crippen LogP contribution < -0.4 is 4.90 Å². The largest absolute Gasteiger partial charge is 0.368 e. The molecule has 33 heavy (non-hydrogen) atoms. The lowest BCUT2D eigenvalue weighted by molar-refractivity contribution is -0.137. The van der Waals surface area contributed by atoms with E-state index in [1.807, 2.05) is 36.9 Å². The van der Waals surface area contributed by atoms with Gasteiger partial charge in [0.1, 0.15) is 0 Å². The predicted octanol–water partition coefficient (Wildman–Crippen LogP) is 3.18. The first kappa shape index (κ1) is 24.0. The molecule has 10 heteroatoms. The molecule has 1 aromatic carbocycles. The normalized spacial score (nSPS) is 20.5. The molecule has 2 aliphatic heterocycles. The number of anilines is 1. The van der Waals surface area contributed by atoms with Gasteiger partial charge >= 0.3 is 0 Å². The molecule has 0 N–H and O–H groups in total. The molecule has 2 fully saturated rings. The van der Waals surface area contributed by atoms with Crippen molar-refractivity contribution in [1.82, 2.24) is 18.8 Å². The summed E-state index contributed by atoms with van der Waals surface area (Å²) in [6.07, 6.45) is 4.49. The van der Waals surface area contributed by atoms with E-state index in [1.165, 1.54) is 4.31 Å². The van der Waals surface area contributed by atoms with Crippen LogP contribution in [0, 0.1) is 12.8 Å². The molecule has 1 unspecified atom stereocenters. The van der Waals surface area contributed by atoms with Crippen molar-refractivity contribution in [3.63, 3.8) is 0 Å². The Kier molecular flexibility index (Phi) is 7.02. The number of benzene rings is 1. The Morgan fingerprint density at radius 3 is 2.55 bits per heavy atom. The summed E-state index contributed by atoms with van der Waals surface area (Å²) in [4.78, 5) is 21.5. The second-order valence-corrected chi connectivity index (χ2v) is 11.5. The van der Waals surface area contributed by atoms with Crippen LogP contribution in [0.3, 0.4) is 0 Å². The molecule has 0 bridgehead atoms. The minimum atomic E-state index is -3.72. The first-order valence-electron chi connectivity index (χ1n) is 11.5. The third-order valence-corrected chi connectivity index (χ3v) is 8.60. The van der Waals surface area contributed by atoms with Crippen molar-refractivity contribution in [1.29, 1.82) is 0 Å².